The van der Waals surface area contributed by atoms with Gasteiger partial charge in [0.2, 0.25) is 11.7 Å². The van der Waals surface area contributed by atoms with E-state index in [1.807, 2.05) is 17.0 Å². The number of rotatable bonds is 3. The molecule has 0 aromatic carbocycles. The largest absolute Gasteiger partial charge is 0.483 e. The first-order valence-electron chi connectivity index (χ1n) is 10.1. The normalized spacial score (nSPS) is 22.2. The number of carbonyl (C=O) groups excluding carboxylic acids is 2. The van der Waals surface area contributed by atoms with Crippen LogP contribution in [0.1, 0.15) is 46.2 Å². The molecular formula is C21H26N4O6. The lowest BCUT2D eigenvalue weighted by molar-refractivity contribution is -0.136. The standard InChI is InChI=1S/C20H24N4O4.CH2O2/c1-11-18(28-12(2)22-11)19(26)23-16-8-14(9-17(16)25)20(27)24-7-5-15-13(10-24)4-3-6-21-15;2-1-3/h3-4,6,14,16-17,25H,5,7-10H2,1-2H3,(H,23,26);1H,(H,2,3)/t14-,16-,17-;/m0./s1. The van der Waals surface area contributed by atoms with Crippen LogP contribution in [0, 0.1) is 19.8 Å². The van der Waals surface area contributed by atoms with E-state index in [2.05, 4.69) is 15.3 Å². The number of aryl methyl sites for hydroxylation is 2. The molecule has 1 aliphatic carbocycles. The van der Waals surface area contributed by atoms with E-state index in [1.165, 1.54) is 0 Å². The van der Waals surface area contributed by atoms with Crippen LogP contribution in [0.3, 0.4) is 0 Å². The second-order valence-electron chi connectivity index (χ2n) is 7.69. The first kappa shape index (κ1) is 22.4. The van der Waals surface area contributed by atoms with Crippen molar-refractivity contribution >= 4 is 18.3 Å². The Bertz CT molecular complexity index is 959. The molecule has 10 heteroatoms. The van der Waals surface area contributed by atoms with Gasteiger partial charge in [0.15, 0.2) is 5.89 Å². The van der Waals surface area contributed by atoms with E-state index in [-0.39, 0.29) is 24.1 Å². The van der Waals surface area contributed by atoms with Crippen molar-refractivity contribution in [3.05, 3.63) is 46.9 Å². The number of carboxylic acid groups (broad SMARTS) is 1. The van der Waals surface area contributed by atoms with E-state index in [4.69, 9.17) is 14.3 Å². The van der Waals surface area contributed by atoms with Crippen LogP contribution in [0.5, 0.6) is 0 Å². The number of amides is 2. The van der Waals surface area contributed by atoms with E-state index in [1.54, 1.807) is 20.0 Å². The summed E-state index contributed by atoms with van der Waals surface area (Å²) in [6, 6.07) is 3.39. The van der Waals surface area contributed by atoms with Crippen molar-refractivity contribution in [2.24, 2.45) is 5.92 Å². The van der Waals surface area contributed by atoms with Gasteiger partial charge >= 0.3 is 0 Å². The smallest absolute Gasteiger partial charge is 0.290 e. The second-order valence-corrected chi connectivity index (χ2v) is 7.69. The van der Waals surface area contributed by atoms with Gasteiger partial charge in [-0.05, 0) is 31.4 Å². The van der Waals surface area contributed by atoms with Gasteiger partial charge in [0, 0.05) is 44.2 Å². The van der Waals surface area contributed by atoms with Gasteiger partial charge in [-0.1, -0.05) is 6.07 Å². The summed E-state index contributed by atoms with van der Waals surface area (Å²) in [6.45, 7) is 4.30. The molecule has 1 aliphatic heterocycles. The van der Waals surface area contributed by atoms with Crippen molar-refractivity contribution in [3.8, 4) is 0 Å². The molecule has 0 radical (unpaired) electrons. The SMILES string of the molecule is Cc1nc(C)c(C(=O)N[C@H]2C[C@H](C(=O)N3CCc4ncccc4C3)C[C@@H]2O)o1.O=CO. The number of aliphatic hydroxyl groups excluding tert-OH is 1. The number of nitrogens with zero attached hydrogens (tertiary/aromatic N) is 3. The van der Waals surface area contributed by atoms with Gasteiger partial charge in [0.25, 0.3) is 12.4 Å². The Morgan fingerprint density at radius 3 is 2.74 bits per heavy atom. The maximum Gasteiger partial charge on any atom is 0.290 e. The van der Waals surface area contributed by atoms with E-state index in [9.17, 15) is 14.7 Å². The topological polar surface area (TPSA) is 146 Å². The van der Waals surface area contributed by atoms with Crippen molar-refractivity contribution < 1.29 is 29.0 Å². The molecule has 10 nitrogen and oxygen atoms in total. The predicted octanol–water partition coefficient (Wildman–Crippen LogP) is 0.841. The first-order chi connectivity index (χ1) is 14.8. The van der Waals surface area contributed by atoms with Gasteiger partial charge < -0.3 is 24.8 Å². The molecule has 2 aromatic rings. The Labute approximate surface area is 179 Å². The van der Waals surface area contributed by atoms with Crippen LogP contribution in [0.25, 0.3) is 0 Å². The number of hydrogen-bond acceptors (Lipinski definition) is 7. The third kappa shape index (κ3) is 5.08. The molecule has 0 unspecified atom stereocenters. The highest BCUT2D eigenvalue weighted by molar-refractivity contribution is 5.92. The minimum atomic E-state index is -0.763. The molecule has 2 amide bonds. The van der Waals surface area contributed by atoms with E-state index in [0.29, 0.717) is 37.5 Å². The lowest BCUT2D eigenvalue weighted by atomic mass is 10.0. The zero-order valence-electron chi connectivity index (χ0n) is 17.4. The average Bonchev–Trinajstić information content (AvgIpc) is 3.28. The molecular weight excluding hydrogens is 404 g/mol. The maximum atomic E-state index is 13.0. The molecule has 2 aromatic heterocycles. The maximum absolute atomic E-state index is 13.0. The average molecular weight is 430 g/mol. The van der Waals surface area contributed by atoms with Gasteiger partial charge in [-0.25, -0.2) is 4.98 Å². The van der Waals surface area contributed by atoms with Gasteiger partial charge in [-0.3, -0.25) is 19.4 Å². The molecule has 3 N–H and O–H groups in total. The number of aliphatic hydroxyl groups is 1. The van der Waals surface area contributed by atoms with Crippen molar-refractivity contribution in [1.82, 2.24) is 20.2 Å². The molecule has 1 fully saturated rings. The monoisotopic (exact) mass is 430 g/mol. The number of fused-ring (bicyclic) bond motifs is 1. The van der Waals surface area contributed by atoms with Crippen LogP contribution in [0.15, 0.2) is 22.7 Å². The zero-order valence-corrected chi connectivity index (χ0v) is 17.4. The van der Waals surface area contributed by atoms with Crippen LogP contribution >= 0.6 is 0 Å². The Morgan fingerprint density at radius 1 is 1.32 bits per heavy atom. The second kappa shape index (κ2) is 9.69. The van der Waals surface area contributed by atoms with Crippen molar-refractivity contribution in [3.63, 3.8) is 0 Å². The number of aromatic nitrogens is 2. The minimum Gasteiger partial charge on any atom is -0.483 e. The van der Waals surface area contributed by atoms with Crippen molar-refractivity contribution in [2.75, 3.05) is 6.54 Å². The van der Waals surface area contributed by atoms with Gasteiger partial charge in [0.1, 0.15) is 0 Å². The summed E-state index contributed by atoms with van der Waals surface area (Å²) in [5, 5.41) is 20.1. The minimum absolute atomic E-state index is 0.0250. The molecule has 31 heavy (non-hydrogen) atoms. The summed E-state index contributed by atoms with van der Waals surface area (Å²) >= 11 is 0. The van der Waals surface area contributed by atoms with Crippen LogP contribution in [0.4, 0.5) is 0 Å². The predicted molar refractivity (Wildman–Crippen MR) is 108 cm³/mol. The highest BCUT2D eigenvalue weighted by atomic mass is 16.4. The van der Waals surface area contributed by atoms with Crippen LogP contribution in [0.2, 0.25) is 0 Å². The molecule has 166 valence electrons. The molecule has 0 saturated heterocycles. The molecule has 0 spiro atoms. The van der Waals surface area contributed by atoms with Gasteiger partial charge in [0.05, 0.1) is 17.8 Å². The number of hydrogen-bond donors (Lipinski definition) is 3. The van der Waals surface area contributed by atoms with Crippen LogP contribution in [-0.4, -0.2) is 62.1 Å². The van der Waals surface area contributed by atoms with Crippen LogP contribution < -0.4 is 5.32 Å². The number of carbonyl (C=O) groups is 3. The zero-order chi connectivity index (χ0) is 22.5. The number of oxazole rings is 1. The Balaban J connectivity index is 0.000000858. The Morgan fingerprint density at radius 2 is 2.06 bits per heavy atom. The Hall–Kier alpha value is -3.27. The fourth-order valence-electron chi connectivity index (χ4n) is 4.16. The highest BCUT2D eigenvalue weighted by Gasteiger charge is 2.40. The molecule has 3 heterocycles. The fraction of sp³-hybridized carbons (Fsp3) is 0.476. The fourth-order valence-corrected chi connectivity index (χ4v) is 4.16. The summed E-state index contributed by atoms with van der Waals surface area (Å²) in [4.78, 5) is 44.1. The van der Waals surface area contributed by atoms with Crippen LogP contribution in [-0.2, 0) is 22.6 Å². The highest BCUT2D eigenvalue weighted by Crippen LogP contribution is 2.30. The van der Waals surface area contributed by atoms with Crippen molar-refractivity contribution in [1.29, 1.82) is 0 Å². The molecule has 1 saturated carbocycles. The lowest BCUT2D eigenvalue weighted by Gasteiger charge is -2.30. The Kier molecular flexibility index (Phi) is 7.01. The summed E-state index contributed by atoms with van der Waals surface area (Å²) in [7, 11) is 0. The molecule has 2 aliphatic rings. The van der Waals surface area contributed by atoms with E-state index >= 15 is 0 Å². The van der Waals surface area contributed by atoms with E-state index < -0.39 is 18.1 Å². The third-order valence-corrected chi connectivity index (χ3v) is 5.58. The number of pyridine rings is 1. The quantitative estimate of drug-likeness (QED) is 0.607. The molecule has 3 atom stereocenters. The molecule has 4 rings (SSSR count). The number of nitrogens with one attached hydrogen (secondary N) is 1. The first-order valence-corrected chi connectivity index (χ1v) is 10.1. The molecule has 0 bridgehead atoms. The van der Waals surface area contributed by atoms with Gasteiger partial charge in [-0.2, -0.15) is 0 Å². The van der Waals surface area contributed by atoms with E-state index in [0.717, 1.165) is 17.7 Å². The summed E-state index contributed by atoms with van der Waals surface area (Å²) in [5.41, 5.74) is 2.62. The summed E-state index contributed by atoms with van der Waals surface area (Å²) in [5.74, 6) is -0.122. The summed E-state index contributed by atoms with van der Waals surface area (Å²) in [6.07, 6.45) is 2.50. The van der Waals surface area contributed by atoms with Crippen molar-refractivity contribution in [2.45, 2.75) is 51.8 Å². The summed E-state index contributed by atoms with van der Waals surface area (Å²) < 4.78 is 5.34. The third-order valence-electron chi connectivity index (χ3n) is 5.58. The van der Waals surface area contributed by atoms with Gasteiger partial charge in [-0.15, -0.1) is 0 Å². The lowest BCUT2D eigenvalue weighted by Crippen LogP contribution is -2.41.